The first-order valence-electron chi connectivity index (χ1n) is 34.7. The monoisotopic (exact) mass is 1320 g/mol. The molecule has 17 aromatic rings. The predicted octanol–water partition coefficient (Wildman–Crippen LogP) is 15.3. The summed E-state index contributed by atoms with van der Waals surface area (Å²) in [6, 6.07) is 148. The van der Waals surface area contributed by atoms with Crippen LogP contribution in [0.4, 0.5) is 11.4 Å². The molecular weight excluding hydrogens is 1250 g/mol. The molecule has 0 saturated carbocycles. The SMILES string of the molecule is c1ccc(B2c3ccccc3-c3ccccc3N2c2cccc(-c3nc(-c4cc([Si](c5ccccc5)(c5ccccc5)c5cccc(-c6ccccc6)c5)cc([Si](c5ccccc5)(c5ccccc5)c5cccc(-c6ccccc6)c5)c4)nc(-n4c5ccccc5c5ccccc54)n3)c2)cc1. The molecule has 0 atom stereocenters. The van der Waals surface area contributed by atoms with Crippen LogP contribution in [0.1, 0.15) is 0 Å². The molecule has 0 amide bonds. The summed E-state index contributed by atoms with van der Waals surface area (Å²) in [7, 11) is -6.99. The van der Waals surface area contributed by atoms with Crippen molar-refractivity contribution < 1.29 is 0 Å². The van der Waals surface area contributed by atoms with Crippen molar-refractivity contribution in [2.45, 2.75) is 0 Å². The summed E-state index contributed by atoms with van der Waals surface area (Å²) in [5.41, 5.74) is 15.4. The number of hydrogen-bond donors (Lipinski definition) is 0. The van der Waals surface area contributed by atoms with Gasteiger partial charge in [-0.15, -0.1) is 0 Å². The Morgan fingerprint density at radius 1 is 0.248 bits per heavy atom. The van der Waals surface area contributed by atoms with Crippen LogP contribution in [0.5, 0.6) is 0 Å². The maximum absolute atomic E-state index is 5.95. The minimum absolute atomic E-state index is 0.139. The van der Waals surface area contributed by atoms with E-state index in [-0.39, 0.29) is 6.85 Å². The number of para-hydroxylation sites is 3. The number of nitrogens with zero attached hydrogens (tertiary/aromatic N) is 5. The molecular formula is C93H66BN5Si2. The summed E-state index contributed by atoms with van der Waals surface area (Å²) in [6.07, 6.45) is 0. The Morgan fingerprint density at radius 2 is 0.624 bits per heavy atom. The molecule has 0 saturated heterocycles. The van der Waals surface area contributed by atoms with Gasteiger partial charge in [0, 0.05) is 38.8 Å². The normalized spacial score (nSPS) is 12.1. The van der Waals surface area contributed by atoms with Crippen LogP contribution >= 0.6 is 0 Å². The van der Waals surface area contributed by atoms with Gasteiger partial charge < -0.3 is 4.81 Å². The Hall–Kier alpha value is -12.6. The van der Waals surface area contributed by atoms with E-state index in [1.54, 1.807) is 0 Å². The summed E-state index contributed by atoms with van der Waals surface area (Å²) >= 11 is 0. The van der Waals surface area contributed by atoms with E-state index < -0.39 is 16.1 Å². The van der Waals surface area contributed by atoms with Gasteiger partial charge in [0.1, 0.15) is 0 Å². The molecule has 0 aliphatic carbocycles. The third kappa shape index (κ3) is 10.6. The minimum Gasteiger partial charge on any atom is -0.376 e. The molecule has 0 spiro atoms. The number of fused-ring (bicyclic) bond motifs is 6. The van der Waals surface area contributed by atoms with Gasteiger partial charge in [-0.25, -0.2) is 4.98 Å². The molecule has 0 radical (unpaired) electrons. The highest BCUT2D eigenvalue weighted by molar-refractivity contribution is 7.22. The average Bonchev–Trinajstić information content (AvgIpc) is 0.961. The van der Waals surface area contributed by atoms with Crippen molar-refractivity contribution in [2.75, 3.05) is 4.81 Å². The largest absolute Gasteiger partial charge is 0.376 e. The van der Waals surface area contributed by atoms with Crippen LogP contribution in [0, 0.1) is 0 Å². The fourth-order valence-corrected chi connectivity index (χ4v) is 26.0. The molecule has 2 aromatic heterocycles. The molecule has 15 aromatic carbocycles. The Morgan fingerprint density at radius 3 is 1.14 bits per heavy atom. The molecule has 3 heterocycles. The number of hydrogen-bond acceptors (Lipinski definition) is 4. The summed E-state index contributed by atoms with van der Waals surface area (Å²) in [6.45, 7) is -0.139. The fourth-order valence-electron chi connectivity index (χ4n) is 16.1. The zero-order chi connectivity index (χ0) is 67.1. The third-order valence-electron chi connectivity index (χ3n) is 20.6. The van der Waals surface area contributed by atoms with E-state index >= 15 is 0 Å². The summed E-state index contributed by atoms with van der Waals surface area (Å²) in [5, 5.41) is 12.2. The van der Waals surface area contributed by atoms with Crippen molar-refractivity contribution >= 4 is 109 Å². The van der Waals surface area contributed by atoms with E-state index in [0.717, 1.165) is 66.6 Å². The second-order valence-electron chi connectivity index (χ2n) is 26.1. The van der Waals surface area contributed by atoms with Gasteiger partial charge in [0.15, 0.2) is 27.8 Å². The van der Waals surface area contributed by atoms with Crippen molar-refractivity contribution in [3.05, 3.63) is 400 Å². The first-order valence-corrected chi connectivity index (χ1v) is 38.7. The van der Waals surface area contributed by atoms with Gasteiger partial charge in [-0.2, -0.15) is 9.97 Å². The number of anilines is 2. The Balaban J connectivity index is 0.972. The summed E-state index contributed by atoms with van der Waals surface area (Å²) < 4.78 is 2.25. The van der Waals surface area contributed by atoms with Crippen LogP contribution in [0.3, 0.4) is 0 Å². The third-order valence-corrected chi connectivity index (χ3v) is 30.0. The van der Waals surface area contributed by atoms with Crippen molar-refractivity contribution in [1.82, 2.24) is 19.5 Å². The molecule has 0 unspecified atom stereocenters. The van der Waals surface area contributed by atoms with Gasteiger partial charge in [-0.1, -0.05) is 376 Å². The van der Waals surface area contributed by atoms with Crippen molar-refractivity contribution in [3.63, 3.8) is 0 Å². The quantitative estimate of drug-likeness (QED) is 0.0758. The van der Waals surface area contributed by atoms with Gasteiger partial charge in [0.05, 0.1) is 11.0 Å². The highest BCUT2D eigenvalue weighted by Crippen LogP contribution is 2.41. The van der Waals surface area contributed by atoms with E-state index in [2.05, 4.69) is 410 Å². The van der Waals surface area contributed by atoms with E-state index in [4.69, 9.17) is 15.0 Å². The Labute approximate surface area is 591 Å². The van der Waals surface area contributed by atoms with Crippen LogP contribution in [0.25, 0.3) is 83.9 Å². The zero-order valence-electron chi connectivity index (χ0n) is 55.4. The highest BCUT2D eigenvalue weighted by Gasteiger charge is 2.47. The number of benzene rings is 15. The molecule has 5 nitrogen and oxygen atoms in total. The minimum atomic E-state index is -3.50. The maximum Gasteiger partial charge on any atom is 0.328 e. The molecule has 18 rings (SSSR count). The maximum atomic E-state index is 5.95. The lowest BCUT2D eigenvalue weighted by molar-refractivity contribution is 0.953. The second-order valence-corrected chi connectivity index (χ2v) is 33.8. The average molecular weight is 1320 g/mol. The van der Waals surface area contributed by atoms with Gasteiger partial charge in [-0.3, -0.25) is 4.57 Å². The molecule has 101 heavy (non-hydrogen) atoms. The van der Waals surface area contributed by atoms with Crippen molar-refractivity contribution in [3.8, 4) is 62.1 Å². The van der Waals surface area contributed by atoms with Crippen LogP contribution in [-0.2, 0) is 0 Å². The van der Waals surface area contributed by atoms with Crippen LogP contribution in [-0.4, -0.2) is 42.5 Å². The highest BCUT2D eigenvalue weighted by atomic mass is 28.3. The van der Waals surface area contributed by atoms with Crippen LogP contribution < -0.4 is 57.2 Å². The molecule has 1 aliphatic rings. The van der Waals surface area contributed by atoms with E-state index in [1.807, 2.05) is 0 Å². The van der Waals surface area contributed by atoms with Gasteiger partial charge >= 0.3 is 6.85 Å². The number of aromatic nitrogens is 4. The lowest BCUT2D eigenvalue weighted by Crippen LogP contribution is -2.78. The standard InChI is InChI=1S/C93H66BN5Si2/c1-8-33-67(34-9-1)69-37-31-51-79(62-69)100(75-43-14-4-15-44-75,76-45-16-5-17-46-76)81-64-72(65-82(66-81)101(77-47-18-6-19-48-77,78-49-20-7-21-50-78)80-52-32-38-70(63-80)68-35-10-2-11-36-68)92-95-91(96-93(97-92)98-88-58-27-23-55-85(88)86-56-24-28-59-89(86)98)71-39-30-42-74(61-71)99-90-60-29-25-54-84(90)83-53-22-26-57-87(83)94(99)73-40-12-3-13-41-73/h1-66H. The molecule has 0 fully saturated rings. The predicted molar refractivity (Wildman–Crippen MR) is 429 cm³/mol. The lowest BCUT2D eigenvalue weighted by atomic mass is 9.46. The van der Waals surface area contributed by atoms with Crippen LogP contribution in [0.2, 0.25) is 0 Å². The molecule has 474 valence electrons. The van der Waals surface area contributed by atoms with Crippen molar-refractivity contribution in [1.29, 1.82) is 0 Å². The van der Waals surface area contributed by atoms with E-state index in [9.17, 15) is 0 Å². The molecule has 8 heteroatoms. The Kier molecular flexibility index (Phi) is 15.7. The molecule has 1 aliphatic heterocycles. The lowest BCUT2D eigenvalue weighted by Gasteiger charge is -2.39. The fraction of sp³-hybridized carbons (Fsp3) is 0. The molecule has 0 N–H and O–H groups in total. The zero-order valence-corrected chi connectivity index (χ0v) is 57.4. The van der Waals surface area contributed by atoms with Crippen LogP contribution in [0.15, 0.2) is 400 Å². The van der Waals surface area contributed by atoms with Crippen molar-refractivity contribution in [2.24, 2.45) is 0 Å². The van der Waals surface area contributed by atoms with Gasteiger partial charge in [0.2, 0.25) is 5.95 Å². The smallest absolute Gasteiger partial charge is 0.328 e. The van der Waals surface area contributed by atoms with E-state index in [0.29, 0.717) is 17.6 Å². The summed E-state index contributed by atoms with van der Waals surface area (Å²) in [4.78, 5) is 20.2. The topological polar surface area (TPSA) is 46.8 Å². The van der Waals surface area contributed by atoms with E-state index in [1.165, 1.54) is 63.5 Å². The molecule has 0 bridgehead atoms. The first kappa shape index (κ1) is 60.8. The summed E-state index contributed by atoms with van der Waals surface area (Å²) in [5.74, 6) is 1.64. The Bertz CT molecular complexity index is 5540. The van der Waals surface area contributed by atoms with Gasteiger partial charge in [0.25, 0.3) is 0 Å². The number of rotatable bonds is 15. The first-order chi connectivity index (χ1) is 50.1. The second kappa shape index (κ2) is 26.0. The van der Waals surface area contributed by atoms with Gasteiger partial charge in [-0.05, 0) is 105 Å².